The third-order valence-corrected chi connectivity index (χ3v) is 16.9. The number of nitriles is 2. The van der Waals surface area contributed by atoms with Crippen LogP contribution in [0.15, 0.2) is 182 Å². The Morgan fingerprint density at radius 2 is 0.913 bits per heavy atom. The van der Waals surface area contributed by atoms with Crippen molar-refractivity contribution in [2.45, 2.75) is 12.8 Å². The summed E-state index contributed by atoms with van der Waals surface area (Å²) in [4.78, 5) is 0. The van der Waals surface area contributed by atoms with E-state index in [-0.39, 0.29) is 0 Å². The smallest absolute Gasteiger partial charge is 0.104 e. The molecule has 7 heteroatoms. The van der Waals surface area contributed by atoms with Crippen molar-refractivity contribution in [3.63, 3.8) is 0 Å². The van der Waals surface area contributed by atoms with Crippen LogP contribution in [0.4, 0.5) is 0 Å². The molecule has 69 heavy (non-hydrogen) atoms. The van der Waals surface area contributed by atoms with E-state index in [0.29, 0.717) is 16.8 Å². The summed E-state index contributed by atoms with van der Waals surface area (Å²) < 4.78 is 11.7. The van der Waals surface area contributed by atoms with Gasteiger partial charge in [-0.15, -0.1) is 22.7 Å². The number of thiophene rings is 2. The zero-order valence-electron chi connectivity index (χ0n) is 36.9. The van der Waals surface area contributed by atoms with E-state index in [1.54, 1.807) is 22.7 Å². The zero-order chi connectivity index (χ0) is 45.5. The molecule has 5 heterocycles. The Hall–Kier alpha value is -8.72. The highest BCUT2D eigenvalue weighted by molar-refractivity contribution is 7.26. The molecule has 15 rings (SSSR count). The van der Waals surface area contributed by atoms with Gasteiger partial charge >= 0.3 is 0 Å². The molecule has 9 aromatic carbocycles. The number of aromatic nitrogens is 3. The Balaban J connectivity index is 1.23. The van der Waals surface area contributed by atoms with Gasteiger partial charge in [-0.05, 0) is 90.7 Å². The van der Waals surface area contributed by atoms with E-state index in [4.69, 9.17) is 0 Å². The summed E-state index contributed by atoms with van der Waals surface area (Å²) in [7, 11) is 0. The molecule has 320 valence electrons. The van der Waals surface area contributed by atoms with Crippen LogP contribution in [0.3, 0.4) is 0 Å². The number of aryl methyl sites for hydroxylation is 1. The predicted molar refractivity (Wildman–Crippen MR) is 290 cm³/mol. The second-order valence-corrected chi connectivity index (χ2v) is 20.2. The van der Waals surface area contributed by atoms with Gasteiger partial charge in [0.25, 0.3) is 0 Å². The number of benzene rings is 9. The monoisotopic (exact) mass is 913 g/mol. The number of para-hydroxylation sites is 4. The molecule has 0 fully saturated rings. The minimum Gasteiger partial charge on any atom is -0.307 e. The van der Waals surface area contributed by atoms with Crippen LogP contribution in [0.2, 0.25) is 0 Å². The molecule has 0 saturated carbocycles. The fraction of sp³-hybridized carbons (Fsp3) is 0.0323. The Morgan fingerprint density at radius 1 is 0.406 bits per heavy atom. The lowest BCUT2D eigenvalue weighted by Crippen LogP contribution is -2.14. The van der Waals surface area contributed by atoms with Crippen LogP contribution in [0, 0.1) is 22.7 Å². The van der Waals surface area contributed by atoms with Crippen molar-refractivity contribution in [3.8, 4) is 40.3 Å². The number of rotatable bonds is 4. The highest BCUT2D eigenvalue weighted by atomic mass is 32.1. The number of fused-ring (bicyclic) bond motifs is 16. The maximum absolute atomic E-state index is 12.3. The van der Waals surface area contributed by atoms with Crippen molar-refractivity contribution in [2.75, 3.05) is 0 Å². The molecular weight excluding hydrogens is 879 g/mol. The van der Waals surface area contributed by atoms with Crippen LogP contribution in [0.5, 0.6) is 0 Å². The van der Waals surface area contributed by atoms with Crippen LogP contribution in [0.1, 0.15) is 28.8 Å². The number of hydrogen-bond donors (Lipinski definition) is 0. The van der Waals surface area contributed by atoms with Gasteiger partial charge in [0.2, 0.25) is 0 Å². The van der Waals surface area contributed by atoms with E-state index in [1.165, 1.54) is 45.9 Å². The first-order valence-corrected chi connectivity index (χ1v) is 24.9. The van der Waals surface area contributed by atoms with Gasteiger partial charge in [0.15, 0.2) is 0 Å². The summed E-state index contributed by atoms with van der Waals surface area (Å²) in [5.74, 6) is 0. The summed E-state index contributed by atoms with van der Waals surface area (Å²) in [6.07, 6.45) is 6.31. The predicted octanol–water partition coefficient (Wildman–Crippen LogP) is 16.9. The largest absolute Gasteiger partial charge is 0.307 e. The van der Waals surface area contributed by atoms with E-state index >= 15 is 0 Å². The minimum atomic E-state index is 0.422. The molecule has 0 atom stereocenters. The van der Waals surface area contributed by atoms with Crippen LogP contribution in [0.25, 0.3) is 129 Å². The zero-order valence-corrected chi connectivity index (χ0v) is 38.5. The maximum Gasteiger partial charge on any atom is 0.104 e. The molecule has 5 aromatic heterocycles. The molecule has 14 aromatic rings. The Labute approximate surface area is 403 Å². The van der Waals surface area contributed by atoms with Gasteiger partial charge in [0.1, 0.15) is 23.3 Å². The van der Waals surface area contributed by atoms with Gasteiger partial charge in [-0.2, -0.15) is 10.5 Å². The van der Waals surface area contributed by atoms with E-state index in [9.17, 15) is 10.5 Å². The average Bonchev–Trinajstić information content (AvgIpc) is 4.21. The lowest BCUT2D eigenvalue weighted by atomic mass is 9.90. The van der Waals surface area contributed by atoms with Crippen molar-refractivity contribution in [3.05, 3.63) is 204 Å². The summed E-state index contributed by atoms with van der Waals surface area (Å²) in [5.41, 5.74) is 11.8. The molecule has 0 saturated heterocycles. The maximum atomic E-state index is 12.3. The fourth-order valence-corrected chi connectivity index (χ4v) is 14.1. The minimum absolute atomic E-state index is 0.422. The van der Waals surface area contributed by atoms with Crippen molar-refractivity contribution in [2.24, 2.45) is 0 Å². The third-order valence-electron chi connectivity index (χ3n) is 14.6. The first-order valence-electron chi connectivity index (χ1n) is 23.3. The molecular formula is C62H35N5S2. The highest BCUT2D eigenvalue weighted by Gasteiger charge is 2.34. The van der Waals surface area contributed by atoms with Crippen LogP contribution < -0.4 is 0 Å². The molecule has 0 unspecified atom stereocenters. The molecule has 0 aliphatic heterocycles. The van der Waals surface area contributed by atoms with Crippen molar-refractivity contribution < 1.29 is 0 Å². The normalized spacial score (nSPS) is 12.7. The topological polar surface area (TPSA) is 62.4 Å². The van der Waals surface area contributed by atoms with Crippen LogP contribution >= 0.6 is 22.7 Å². The van der Waals surface area contributed by atoms with Gasteiger partial charge in [0, 0.05) is 78.5 Å². The standard InChI is InChI=1S/C62H35N5S2/c63-34-45-60(67-51-26-12-5-20-42(51)58-52(67)30-32-56-59(58)43-21-7-14-28-54(43)69-56)46(35-64)62(66-49-24-10-3-17-39(49)40-18-4-11-25-50(40)66)57(36-29-31-55-44(33-36)41-19-6-13-27-53(41)68-55)61(45)65-47-22-8-1-15-37(47)38-16-2-9-23-48(38)65/h1-3,5-17,19-33H,4,18H2. The number of allylic oxidation sites excluding steroid dienone is 1. The quantitative estimate of drug-likeness (QED) is 0.177. The second-order valence-electron chi connectivity index (χ2n) is 18.0. The molecule has 1 aliphatic rings. The highest BCUT2D eigenvalue weighted by Crippen LogP contribution is 2.51. The van der Waals surface area contributed by atoms with E-state index < -0.39 is 0 Å². The van der Waals surface area contributed by atoms with Gasteiger partial charge < -0.3 is 13.7 Å². The first-order chi connectivity index (χ1) is 34.2. The summed E-state index contributed by atoms with van der Waals surface area (Å²) >= 11 is 3.59. The molecule has 0 radical (unpaired) electrons. The fourth-order valence-electron chi connectivity index (χ4n) is 11.9. The Bertz CT molecular complexity index is 4650. The van der Waals surface area contributed by atoms with E-state index in [2.05, 4.69) is 214 Å². The van der Waals surface area contributed by atoms with Gasteiger partial charge in [-0.25, -0.2) is 0 Å². The lowest BCUT2D eigenvalue weighted by molar-refractivity contribution is 0.963. The molecule has 1 aliphatic carbocycles. The summed E-state index contributed by atoms with van der Waals surface area (Å²) in [5, 5.41) is 34.9. The van der Waals surface area contributed by atoms with Gasteiger partial charge in [-0.3, -0.25) is 0 Å². The lowest BCUT2D eigenvalue weighted by Gasteiger charge is -2.27. The molecule has 5 nitrogen and oxygen atoms in total. The van der Waals surface area contributed by atoms with E-state index in [1.807, 2.05) is 0 Å². The van der Waals surface area contributed by atoms with Crippen LogP contribution in [-0.4, -0.2) is 13.7 Å². The van der Waals surface area contributed by atoms with Crippen LogP contribution in [-0.2, 0) is 6.42 Å². The van der Waals surface area contributed by atoms with Crippen molar-refractivity contribution in [1.82, 2.24) is 13.7 Å². The molecule has 0 N–H and O–H groups in total. The Morgan fingerprint density at radius 3 is 1.61 bits per heavy atom. The van der Waals surface area contributed by atoms with Crippen molar-refractivity contribution in [1.29, 1.82) is 10.5 Å². The second kappa shape index (κ2) is 14.4. The van der Waals surface area contributed by atoms with Gasteiger partial charge in [0.05, 0.1) is 44.6 Å². The summed E-state index contributed by atoms with van der Waals surface area (Å²) in [6, 6.07) is 68.4. The molecule has 0 spiro atoms. The third kappa shape index (κ3) is 5.15. The van der Waals surface area contributed by atoms with Crippen molar-refractivity contribution >= 4 is 124 Å². The Kier molecular flexibility index (Phi) is 8.01. The van der Waals surface area contributed by atoms with E-state index in [0.717, 1.165) is 95.6 Å². The molecule has 0 bridgehead atoms. The summed E-state index contributed by atoms with van der Waals surface area (Å²) in [6.45, 7) is 0. The SMILES string of the molecule is N#Cc1c(-n2c3c(c4ccccc42)CCC=C3)c(-c2ccc3sc4ccccc4c3c2)c(-n2c3ccccc3c3ccccc32)c(C#N)c1-n1c2ccccc2c2c3c(ccc21)sc1ccccc13. The van der Waals surface area contributed by atoms with Gasteiger partial charge in [-0.1, -0.05) is 121 Å². The number of hydrogen-bond acceptors (Lipinski definition) is 4. The number of nitrogens with zero attached hydrogens (tertiary/aromatic N) is 5. The molecule has 0 amide bonds. The average molecular weight is 914 g/mol. The first kappa shape index (κ1) is 38.4.